The number of nitrogens with one attached hydrogen (secondary N) is 1. The number of carbonyl (C=O) groups is 2. The summed E-state index contributed by atoms with van der Waals surface area (Å²) in [5.74, 6) is -0.252. The monoisotopic (exact) mass is 663 g/mol. The molecular formula is C35H38ClN3O6S. The van der Waals surface area contributed by atoms with Crippen molar-refractivity contribution in [2.75, 3.05) is 25.1 Å². The number of ether oxygens (including phenoxy) is 2. The number of nitrogens with zero attached hydrogens (tertiary/aromatic N) is 2. The predicted octanol–water partition coefficient (Wildman–Crippen LogP) is 5.72. The van der Waals surface area contributed by atoms with E-state index in [-0.39, 0.29) is 41.2 Å². The van der Waals surface area contributed by atoms with Gasteiger partial charge in [-0.2, -0.15) is 0 Å². The standard InChI is InChI=1S/C35H38ClN3O6S/c1-25(2)37-35(41)31(21-26-11-7-5-8-12-26)38(23-27-15-17-28(36)18-16-27)34(40)24-39(46(42,43)30-13-9-6-10-14-30)29-19-20-32(44-3)33(22-29)45-4/h5-20,22,25,31H,21,23-24H2,1-4H3,(H,37,41). The molecule has 0 spiro atoms. The molecule has 1 unspecified atom stereocenters. The zero-order valence-corrected chi connectivity index (χ0v) is 27.8. The van der Waals surface area contributed by atoms with E-state index in [0.29, 0.717) is 10.8 Å². The second-order valence-electron chi connectivity index (χ2n) is 10.9. The van der Waals surface area contributed by atoms with Crippen LogP contribution in [0, 0.1) is 0 Å². The van der Waals surface area contributed by atoms with Crippen molar-refractivity contribution in [3.8, 4) is 11.5 Å². The van der Waals surface area contributed by atoms with Gasteiger partial charge >= 0.3 is 0 Å². The minimum absolute atomic E-state index is 0.000206. The molecule has 0 radical (unpaired) electrons. The Balaban J connectivity index is 1.83. The number of methoxy groups -OCH3 is 2. The number of benzene rings is 4. The lowest BCUT2D eigenvalue weighted by Gasteiger charge is -2.34. The fraction of sp³-hybridized carbons (Fsp3) is 0.257. The SMILES string of the molecule is COc1ccc(N(CC(=O)N(Cc2ccc(Cl)cc2)C(Cc2ccccc2)C(=O)NC(C)C)S(=O)(=O)c2ccccc2)cc1OC. The van der Waals surface area contributed by atoms with Crippen LogP contribution in [-0.4, -0.2) is 58.0 Å². The molecular weight excluding hydrogens is 626 g/mol. The molecule has 242 valence electrons. The van der Waals surface area contributed by atoms with E-state index in [9.17, 15) is 18.0 Å². The first kappa shape index (κ1) is 34.3. The van der Waals surface area contributed by atoms with E-state index in [2.05, 4.69) is 5.32 Å². The van der Waals surface area contributed by atoms with Crippen molar-refractivity contribution in [1.82, 2.24) is 10.2 Å². The lowest BCUT2D eigenvalue weighted by atomic mass is 10.0. The number of hydrogen-bond donors (Lipinski definition) is 1. The van der Waals surface area contributed by atoms with E-state index in [1.165, 1.54) is 37.3 Å². The average molecular weight is 664 g/mol. The highest BCUT2D eigenvalue weighted by Gasteiger charge is 2.35. The Kier molecular flexibility index (Phi) is 11.7. The van der Waals surface area contributed by atoms with Crippen LogP contribution in [0.5, 0.6) is 11.5 Å². The van der Waals surface area contributed by atoms with Crippen LogP contribution in [0.4, 0.5) is 5.69 Å². The van der Waals surface area contributed by atoms with Gasteiger partial charge in [-0.1, -0.05) is 72.3 Å². The second-order valence-corrected chi connectivity index (χ2v) is 13.2. The van der Waals surface area contributed by atoms with Crippen molar-refractivity contribution in [3.05, 3.63) is 119 Å². The number of hydrogen-bond acceptors (Lipinski definition) is 6. The quantitative estimate of drug-likeness (QED) is 0.185. The van der Waals surface area contributed by atoms with E-state index in [1.54, 1.807) is 54.6 Å². The van der Waals surface area contributed by atoms with Crippen molar-refractivity contribution < 1.29 is 27.5 Å². The van der Waals surface area contributed by atoms with Crippen LogP contribution in [0.1, 0.15) is 25.0 Å². The molecule has 0 bridgehead atoms. The number of halogens is 1. The van der Waals surface area contributed by atoms with Gasteiger partial charge in [0.1, 0.15) is 12.6 Å². The molecule has 0 aliphatic rings. The first-order valence-corrected chi connectivity index (χ1v) is 16.5. The Hall–Kier alpha value is -4.54. The van der Waals surface area contributed by atoms with Crippen LogP contribution in [0.3, 0.4) is 0 Å². The van der Waals surface area contributed by atoms with Crippen molar-refractivity contribution >= 4 is 39.1 Å². The van der Waals surface area contributed by atoms with Crippen molar-refractivity contribution in [3.63, 3.8) is 0 Å². The molecule has 0 heterocycles. The number of anilines is 1. The minimum atomic E-state index is -4.26. The van der Waals surface area contributed by atoms with E-state index < -0.39 is 28.5 Å². The first-order chi connectivity index (χ1) is 22.0. The van der Waals surface area contributed by atoms with Crippen LogP contribution in [-0.2, 0) is 32.6 Å². The lowest BCUT2D eigenvalue weighted by molar-refractivity contribution is -0.140. The first-order valence-electron chi connectivity index (χ1n) is 14.7. The fourth-order valence-corrected chi connectivity index (χ4v) is 6.50. The summed E-state index contributed by atoms with van der Waals surface area (Å²) in [5.41, 5.74) is 1.75. The van der Waals surface area contributed by atoms with Gasteiger partial charge < -0.3 is 19.7 Å². The van der Waals surface area contributed by atoms with Crippen LogP contribution in [0.2, 0.25) is 5.02 Å². The van der Waals surface area contributed by atoms with Gasteiger partial charge in [0.15, 0.2) is 11.5 Å². The Morgan fingerprint density at radius 3 is 2.00 bits per heavy atom. The second kappa shape index (κ2) is 15.6. The van der Waals surface area contributed by atoms with Gasteiger partial charge in [0.2, 0.25) is 11.8 Å². The fourth-order valence-electron chi connectivity index (χ4n) is 4.95. The molecule has 0 aliphatic carbocycles. The maximum Gasteiger partial charge on any atom is 0.264 e. The summed E-state index contributed by atoms with van der Waals surface area (Å²) < 4.78 is 40.2. The van der Waals surface area contributed by atoms with Crippen molar-refractivity contribution in [2.45, 2.75) is 43.8 Å². The van der Waals surface area contributed by atoms with Crippen LogP contribution >= 0.6 is 11.6 Å². The maximum atomic E-state index is 14.5. The highest BCUT2D eigenvalue weighted by Crippen LogP contribution is 2.34. The van der Waals surface area contributed by atoms with E-state index in [4.69, 9.17) is 21.1 Å². The molecule has 0 aromatic heterocycles. The van der Waals surface area contributed by atoms with Gasteiger partial charge in [0, 0.05) is 30.1 Å². The summed E-state index contributed by atoms with van der Waals surface area (Å²) >= 11 is 6.14. The number of carbonyl (C=O) groups excluding carboxylic acids is 2. The van der Waals surface area contributed by atoms with Gasteiger partial charge in [-0.3, -0.25) is 13.9 Å². The Bertz CT molecular complexity index is 1720. The molecule has 0 saturated carbocycles. The molecule has 0 fully saturated rings. The molecule has 2 amide bonds. The molecule has 0 saturated heterocycles. The molecule has 9 nitrogen and oxygen atoms in total. The highest BCUT2D eigenvalue weighted by molar-refractivity contribution is 7.92. The van der Waals surface area contributed by atoms with Crippen LogP contribution < -0.4 is 19.1 Å². The third-order valence-corrected chi connectivity index (χ3v) is 9.27. The molecule has 4 rings (SSSR count). The van der Waals surface area contributed by atoms with Crippen molar-refractivity contribution in [2.24, 2.45) is 0 Å². The third-order valence-electron chi connectivity index (χ3n) is 7.23. The highest BCUT2D eigenvalue weighted by atomic mass is 35.5. The third kappa shape index (κ3) is 8.58. The normalized spacial score (nSPS) is 11.9. The predicted molar refractivity (Wildman–Crippen MR) is 180 cm³/mol. The minimum Gasteiger partial charge on any atom is -0.493 e. The van der Waals surface area contributed by atoms with Gasteiger partial charge in [-0.25, -0.2) is 8.42 Å². The number of amides is 2. The Morgan fingerprint density at radius 2 is 1.41 bits per heavy atom. The van der Waals surface area contributed by atoms with Gasteiger partial charge in [0.25, 0.3) is 10.0 Å². The summed E-state index contributed by atoms with van der Waals surface area (Å²) in [6.45, 7) is 3.12. The lowest BCUT2D eigenvalue weighted by Crippen LogP contribution is -2.54. The van der Waals surface area contributed by atoms with Gasteiger partial charge in [0.05, 0.1) is 24.8 Å². The smallest absolute Gasteiger partial charge is 0.264 e. The molecule has 46 heavy (non-hydrogen) atoms. The summed E-state index contributed by atoms with van der Waals surface area (Å²) in [6, 6.07) is 27.7. The molecule has 0 aliphatic heterocycles. The van der Waals surface area contributed by atoms with Gasteiger partial charge in [-0.15, -0.1) is 0 Å². The topological polar surface area (TPSA) is 105 Å². The van der Waals surface area contributed by atoms with E-state index in [1.807, 2.05) is 44.2 Å². The Labute approximate surface area is 275 Å². The summed E-state index contributed by atoms with van der Waals surface area (Å²) in [6.07, 6.45) is 0.209. The average Bonchev–Trinajstić information content (AvgIpc) is 3.06. The van der Waals surface area contributed by atoms with Crippen LogP contribution in [0.25, 0.3) is 0 Å². The molecule has 4 aromatic carbocycles. The number of sulfonamides is 1. The maximum absolute atomic E-state index is 14.5. The summed E-state index contributed by atoms with van der Waals surface area (Å²) in [4.78, 5) is 29.8. The van der Waals surface area contributed by atoms with E-state index in [0.717, 1.165) is 15.4 Å². The molecule has 1 atom stereocenters. The Morgan fingerprint density at radius 1 is 0.804 bits per heavy atom. The van der Waals surface area contributed by atoms with Gasteiger partial charge in [-0.05, 0) is 61.4 Å². The summed E-state index contributed by atoms with van der Waals surface area (Å²) in [5, 5.41) is 3.47. The molecule has 1 N–H and O–H groups in total. The zero-order chi connectivity index (χ0) is 33.3. The van der Waals surface area contributed by atoms with Crippen LogP contribution in [0.15, 0.2) is 108 Å². The van der Waals surface area contributed by atoms with E-state index >= 15 is 0 Å². The molecule has 4 aromatic rings. The molecule has 11 heteroatoms. The zero-order valence-electron chi connectivity index (χ0n) is 26.2. The summed E-state index contributed by atoms with van der Waals surface area (Å²) in [7, 11) is -1.34. The van der Waals surface area contributed by atoms with Crippen molar-refractivity contribution in [1.29, 1.82) is 0 Å². The largest absolute Gasteiger partial charge is 0.493 e. The number of rotatable bonds is 14.